The first kappa shape index (κ1) is 9.22. The summed E-state index contributed by atoms with van der Waals surface area (Å²) < 4.78 is 1.73. The zero-order valence-electron chi connectivity index (χ0n) is 4.95. The monoisotopic (exact) mass is 314 g/mol. The number of nitrogens with zero attached hydrogens (tertiary/aromatic N) is 2. The molecule has 1 aromatic rings. The molecule has 0 bridgehead atoms. The zero-order valence-corrected chi connectivity index (χ0v) is 8.56. The molecule has 9 heavy (non-hydrogen) atoms. The van der Waals surface area contributed by atoms with Crippen LogP contribution in [0.15, 0.2) is 12.4 Å². The van der Waals surface area contributed by atoms with Gasteiger partial charge >= 0.3 is 0 Å². The maximum atomic E-state index is 4.13. The van der Waals surface area contributed by atoms with Crippen LogP contribution in [0.2, 0.25) is 0 Å². The topological polar surface area (TPSA) is 17.8 Å². The minimum atomic E-state index is 0. The van der Waals surface area contributed by atoms with Gasteiger partial charge in [0, 0.05) is 20.4 Å². The van der Waals surface area contributed by atoms with Gasteiger partial charge in [0.15, 0.2) is 0 Å². The van der Waals surface area contributed by atoms with Crippen molar-refractivity contribution in [2.75, 3.05) is 0 Å². The molecule has 0 amide bonds. The first-order chi connectivity index (χ1) is 3.80. The van der Waals surface area contributed by atoms with Crippen molar-refractivity contribution in [2.45, 2.75) is 12.3 Å². The summed E-state index contributed by atoms with van der Waals surface area (Å²) >= 11 is 4.13. The minimum absolute atomic E-state index is 0. The molecule has 0 N–H and O–H groups in total. The van der Waals surface area contributed by atoms with Crippen LogP contribution in [0.25, 0.3) is 0 Å². The van der Waals surface area contributed by atoms with Crippen molar-refractivity contribution in [2.24, 2.45) is 0 Å². The standard InChI is InChI=1S/C5H7N2S.Re/c1-5(8)7-4-2-3-6-7;/h3-5,8H,1H3;/q-1;. The van der Waals surface area contributed by atoms with Crippen LogP contribution in [-0.4, -0.2) is 9.78 Å². The van der Waals surface area contributed by atoms with Crippen LogP contribution in [0, 0.1) is 6.07 Å². The summed E-state index contributed by atoms with van der Waals surface area (Å²) in [7, 11) is 0. The van der Waals surface area contributed by atoms with Crippen molar-refractivity contribution in [3.8, 4) is 0 Å². The second kappa shape index (κ2) is 4.10. The molecule has 1 unspecified atom stereocenters. The first-order valence-corrected chi connectivity index (χ1v) is 2.90. The van der Waals surface area contributed by atoms with Crippen molar-refractivity contribution in [3.05, 3.63) is 18.5 Å². The number of hydrogen-bond donors (Lipinski definition) is 1. The van der Waals surface area contributed by atoms with Crippen LogP contribution in [0.4, 0.5) is 0 Å². The van der Waals surface area contributed by atoms with Gasteiger partial charge in [0.2, 0.25) is 0 Å². The van der Waals surface area contributed by atoms with Crippen molar-refractivity contribution in [1.29, 1.82) is 0 Å². The molecule has 0 aliphatic carbocycles. The molecular formula is C5H7N2ReS-. The molecule has 0 fully saturated rings. The van der Waals surface area contributed by atoms with Crippen molar-refractivity contribution in [3.63, 3.8) is 0 Å². The van der Waals surface area contributed by atoms with Gasteiger partial charge in [0.1, 0.15) is 0 Å². The van der Waals surface area contributed by atoms with Gasteiger partial charge in [-0.1, -0.05) is 0 Å². The Morgan fingerprint density at radius 3 is 2.67 bits per heavy atom. The van der Waals surface area contributed by atoms with E-state index in [0.29, 0.717) is 0 Å². The van der Waals surface area contributed by atoms with E-state index >= 15 is 0 Å². The maximum absolute atomic E-state index is 4.13. The Labute approximate surface area is 73.7 Å². The molecule has 1 radical (unpaired) electrons. The summed E-state index contributed by atoms with van der Waals surface area (Å²) in [6, 6.07) is 2.81. The zero-order chi connectivity index (χ0) is 5.98. The predicted molar refractivity (Wildman–Crippen MR) is 34.8 cm³/mol. The number of thiol groups is 1. The molecule has 1 heterocycles. The van der Waals surface area contributed by atoms with Crippen LogP contribution in [0.5, 0.6) is 0 Å². The number of aromatic nitrogens is 2. The second-order valence-electron chi connectivity index (χ2n) is 1.55. The Morgan fingerprint density at radius 1 is 1.78 bits per heavy atom. The molecule has 1 rings (SSSR count). The molecule has 0 aromatic carbocycles. The normalized spacial score (nSPS) is 12.2. The summed E-state index contributed by atoms with van der Waals surface area (Å²) in [5, 5.41) is 4.05. The molecule has 2 nitrogen and oxygen atoms in total. The van der Waals surface area contributed by atoms with Gasteiger partial charge in [-0.05, 0) is 6.92 Å². The van der Waals surface area contributed by atoms with E-state index in [1.807, 2.05) is 6.92 Å². The summed E-state index contributed by atoms with van der Waals surface area (Å²) in [5.41, 5.74) is 0. The van der Waals surface area contributed by atoms with Crippen molar-refractivity contribution >= 4 is 12.6 Å². The molecule has 0 saturated heterocycles. The van der Waals surface area contributed by atoms with E-state index in [1.54, 1.807) is 17.1 Å². The Bertz CT molecular complexity index is 150. The van der Waals surface area contributed by atoms with E-state index in [2.05, 4.69) is 23.8 Å². The minimum Gasteiger partial charge on any atom is -0.432 e. The molecule has 0 aliphatic rings. The van der Waals surface area contributed by atoms with Crippen molar-refractivity contribution < 1.29 is 20.4 Å². The average Bonchev–Trinajstić information content (AvgIpc) is 2.12. The van der Waals surface area contributed by atoms with E-state index in [1.165, 1.54) is 0 Å². The summed E-state index contributed by atoms with van der Waals surface area (Å²) in [6.07, 6.45) is 3.38. The van der Waals surface area contributed by atoms with Gasteiger partial charge in [-0.15, -0.1) is 6.20 Å². The Kier molecular flexibility index (Phi) is 4.21. The molecule has 4 heteroatoms. The van der Waals surface area contributed by atoms with Crippen LogP contribution < -0.4 is 0 Å². The summed E-state index contributed by atoms with van der Waals surface area (Å²) in [5.74, 6) is 0. The fraction of sp³-hybridized carbons (Fsp3) is 0.400. The number of rotatable bonds is 1. The summed E-state index contributed by atoms with van der Waals surface area (Å²) in [4.78, 5) is 0. The summed E-state index contributed by atoms with van der Waals surface area (Å²) in [6.45, 7) is 1.95. The third kappa shape index (κ3) is 2.53. The second-order valence-corrected chi connectivity index (χ2v) is 2.30. The van der Waals surface area contributed by atoms with Gasteiger partial charge in [0.05, 0.1) is 5.37 Å². The van der Waals surface area contributed by atoms with Crippen LogP contribution in [-0.2, 0) is 20.4 Å². The van der Waals surface area contributed by atoms with E-state index in [-0.39, 0.29) is 25.8 Å². The first-order valence-electron chi connectivity index (χ1n) is 2.39. The smallest absolute Gasteiger partial charge is 0.0879 e. The van der Waals surface area contributed by atoms with E-state index in [9.17, 15) is 0 Å². The Morgan fingerprint density at radius 2 is 2.44 bits per heavy atom. The van der Waals surface area contributed by atoms with Crippen LogP contribution in [0.1, 0.15) is 12.3 Å². The van der Waals surface area contributed by atoms with Gasteiger partial charge in [-0.3, -0.25) is 4.68 Å². The molecule has 0 aliphatic heterocycles. The fourth-order valence-corrected chi connectivity index (χ4v) is 0.574. The Balaban J connectivity index is 0.000000640. The van der Waals surface area contributed by atoms with E-state index in [4.69, 9.17) is 0 Å². The Hall–Kier alpha value is 0.222. The van der Waals surface area contributed by atoms with Crippen molar-refractivity contribution in [1.82, 2.24) is 9.78 Å². The van der Waals surface area contributed by atoms with Gasteiger partial charge < -0.3 is 6.07 Å². The fourth-order valence-electron chi connectivity index (χ4n) is 0.447. The SMILES string of the molecule is CC(S)n1c[c-]cn1.[Re]. The van der Waals surface area contributed by atoms with Crippen LogP contribution >= 0.6 is 12.6 Å². The maximum Gasteiger partial charge on any atom is 0.0879 e. The van der Waals surface area contributed by atoms with E-state index in [0.717, 1.165) is 0 Å². The molecule has 0 saturated carbocycles. The number of hydrogen-bond acceptors (Lipinski definition) is 2. The van der Waals surface area contributed by atoms with Gasteiger partial charge in [-0.25, -0.2) is 5.10 Å². The van der Waals surface area contributed by atoms with Gasteiger partial charge in [-0.2, -0.15) is 18.8 Å². The molecular weight excluding hydrogens is 306 g/mol. The molecule has 1 aromatic heterocycles. The molecule has 51 valence electrons. The predicted octanol–water partition coefficient (Wildman–Crippen LogP) is 1.13. The third-order valence-corrected chi connectivity index (χ3v) is 1.09. The third-order valence-electron chi connectivity index (χ3n) is 0.855. The largest absolute Gasteiger partial charge is 0.432 e. The average molecular weight is 313 g/mol. The van der Waals surface area contributed by atoms with Crippen LogP contribution in [0.3, 0.4) is 0 Å². The quantitative estimate of drug-likeness (QED) is 0.608. The molecule has 0 spiro atoms. The van der Waals surface area contributed by atoms with E-state index < -0.39 is 0 Å². The molecule has 1 atom stereocenters. The van der Waals surface area contributed by atoms with Gasteiger partial charge in [0.25, 0.3) is 0 Å².